The molecule has 0 amide bonds. The summed E-state index contributed by atoms with van der Waals surface area (Å²) >= 11 is 0. The molecule has 0 aliphatic heterocycles. The van der Waals surface area contributed by atoms with E-state index in [9.17, 15) is 0 Å². The van der Waals surface area contributed by atoms with Crippen LogP contribution >= 0.6 is 0 Å². The van der Waals surface area contributed by atoms with E-state index in [0.29, 0.717) is 18.1 Å². The van der Waals surface area contributed by atoms with Gasteiger partial charge in [0.2, 0.25) is 0 Å². The monoisotopic (exact) mass is 200 g/mol. The maximum Gasteiger partial charge on any atom is 0.0604 e. The quantitative estimate of drug-likeness (QED) is 0.647. The maximum atomic E-state index is 5.64. The van der Waals surface area contributed by atoms with Crippen LogP contribution in [0.1, 0.15) is 33.1 Å². The topological polar surface area (TPSA) is 47.3 Å². The van der Waals surface area contributed by atoms with Gasteiger partial charge in [0.25, 0.3) is 0 Å². The molecule has 14 heavy (non-hydrogen) atoms. The molecule has 0 bridgehead atoms. The molecule has 0 heterocycles. The number of hydrogen-bond acceptors (Lipinski definition) is 3. The molecule has 1 unspecified atom stereocenters. The van der Waals surface area contributed by atoms with Crippen molar-refractivity contribution in [2.75, 3.05) is 19.7 Å². The molecule has 0 aromatic heterocycles. The summed E-state index contributed by atoms with van der Waals surface area (Å²) in [5.41, 5.74) is 5.64. The third kappa shape index (κ3) is 3.56. The van der Waals surface area contributed by atoms with E-state index in [0.717, 1.165) is 19.7 Å². The molecule has 1 fully saturated rings. The Kier molecular flexibility index (Phi) is 5.45. The van der Waals surface area contributed by atoms with Gasteiger partial charge in [0.1, 0.15) is 0 Å². The van der Waals surface area contributed by atoms with E-state index in [-0.39, 0.29) is 0 Å². The number of nitrogens with one attached hydrogen (secondary N) is 1. The molecule has 1 aliphatic carbocycles. The van der Waals surface area contributed by atoms with Gasteiger partial charge in [0, 0.05) is 12.6 Å². The fourth-order valence-corrected chi connectivity index (χ4v) is 1.83. The van der Waals surface area contributed by atoms with Gasteiger partial charge < -0.3 is 15.8 Å². The van der Waals surface area contributed by atoms with Gasteiger partial charge in [0.05, 0.1) is 6.10 Å². The minimum Gasteiger partial charge on any atom is -0.378 e. The van der Waals surface area contributed by atoms with E-state index in [2.05, 4.69) is 19.2 Å². The van der Waals surface area contributed by atoms with Crippen LogP contribution in [0.3, 0.4) is 0 Å². The van der Waals surface area contributed by atoms with Crippen LogP contribution in [-0.2, 0) is 4.74 Å². The predicted molar refractivity (Wildman–Crippen MR) is 59.3 cm³/mol. The van der Waals surface area contributed by atoms with Gasteiger partial charge >= 0.3 is 0 Å². The van der Waals surface area contributed by atoms with Crippen molar-refractivity contribution in [2.45, 2.75) is 45.3 Å². The van der Waals surface area contributed by atoms with Crippen molar-refractivity contribution >= 4 is 0 Å². The Hall–Kier alpha value is -0.120. The maximum absolute atomic E-state index is 5.64. The minimum atomic E-state index is 0.510. The Bertz CT molecular complexity index is 142. The molecule has 3 nitrogen and oxygen atoms in total. The summed E-state index contributed by atoms with van der Waals surface area (Å²) in [5, 5.41) is 3.55. The SMILES string of the molecule is CCOC1CC(NCC(CC)CN)C1. The molecular weight excluding hydrogens is 176 g/mol. The number of rotatable bonds is 7. The lowest BCUT2D eigenvalue weighted by molar-refractivity contribution is -0.0105. The van der Waals surface area contributed by atoms with Gasteiger partial charge in [-0.05, 0) is 38.8 Å². The Morgan fingerprint density at radius 2 is 2.14 bits per heavy atom. The van der Waals surface area contributed by atoms with Crippen LogP contribution in [0.15, 0.2) is 0 Å². The summed E-state index contributed by atoms with van der Waals surface area (Å²) in [6.45, 7) is 6.96. The lowest BCUT2D eigenvalue weighted by Crippen LogP contribution is -2.47. The lowest BCUT2D eigenvalue weighted by Gasteiger charge is -2.36. The Labute approximate surface area is 87.4 Å². The van der Waals surface area contributed by atoms with Gasteiger partial charge in [-0.25, -0.2) is 0 Å². The first kappa shape index (κ1) is 12.0. The number of ether oxygens (including phenoxy) is 1. The van der Waals surface area contributed by atoms with Crippen LogP contribution < -0.4 is 11.1 Å². The molecule has 3 heteroatoms. The van der Waals surface area contributed by atoms with Crippen LogP contribution in [0.4, 0.5) is 0 Å². The van der Waals surface area contributed by atoms with Gasteiger partial charge in [-0.2, -0.15) is 0 Å². The highest BCUT2D eigenvalue weighted by atomic mass is 16.5. The van der Waals surface area contributed by atoms with Crippen LogP contribution in [0.2, 0.25) is 0 Å². The minimum absolute atomic E-state index is 0.510. The van der Waals surface area contributed by atoms with E-state index in [4.69, 9.17) is 10.5 Å². The van der Waals surface area contributed by atoms with Crippen LogP contribution in [0.5, 0.6) is 0 Å². The molecule has 0 spiro atoms. The molecule has 0 saturated heterocycles. The van der Waals surface area contributed by atoms with E-state index in [1.54, 1.807) is 0 Å². The van der Waals surface area contributed by atoms with Crippen molar-refractivity contribution in [3.63, 3.8) is 0 Å². The molecule has 1 rings (SSSR count). The third-order valence-corrected chi connectivity index (χ3v) is 3.10. The molecule has 1 atom stereocenters. The average molecular weight is 200 g/mol. The zero-order valence-electron chi connectivity index (χ0n) is 9.46. The first-order valence-electron chi connectivity index (χ1n) is 5.85. The van der Waals surface area contributed by atoms with Gasteiger partial charge in [-0.3, -0.25) is 0 Å². The van der Waals surface area contributed by atoms with Crippen LogP contribution in [0, 0.1) is 5.92 Å². The lowest BCUT2D eigenvalue weighted by atomic mass is 9.88. The van der Waals surface area contributed by atoms with Gasteiger partial charge in [0.15, 0.2) is 0 Å². The Balaban J connectivity index is 1.99. The summed E-state index contributed by atoms with van der Waals surface area (Å²) in [5.74, 6) is 0.640. The second-order valence-electron chi connectivity index (χ2n) is 4.16. The van der Waals surface area contributed by atoms with Crippen molar-refractivity contribution in [1.82, 2.24) is 5.32 Å². The Morgan fingerprint density at radius 3 is 2.64 bits per heavy atom. The first-order chi connectivity index (χ1) is 6.80. The van der Waals surface area contributed by atoms with E-state index in [1.807, 2.05) is 0 Å². The van der Waals surface area contributed by atoms with Gasteiger partial charge in [-0.1, -0.05) is 13.3 Å². The molecule has 3 N–H and O–H groups in total. The van der Waals surface area contributed by atoms with Crippen LogP contribution in [0.25, 0.3) is 0 Å². The van der Waals surface area contributed by atoms with E-state index in [1.165, 1.54) is 19.3 Å². The average Bonchev–Trinajstić information content (AvgIpc) is 2.15. The van der Waals surface area contributed by atoms with Gasteiger partial charge in [-0.15, -0.1) is 0 Å². The van der Waals surface area contributed by atoms with E-state index >= 15 is 0 Å². The zero-order chi connectivity index (χ0) is 10.4. The fraction of sp³-hybridized carbons (Fsp3) is 1.00. The molecule has 84 valence electrons. The summed E-state index contributed by atoms with van der Waals surface area (Å²) in [6, 6.07) is 0.673. The summed E-state index contributed by atoms with van der Waals surface area (Å²) in [7, 11) is 0. The molecular formula is C11H24N2O. The highest BCUT2D eigenvalue weighted by Gasteiger charge is 2.29. The summed E-state index contributed by atoms with van der Waals surface area (Å²) < 4.78 is 5.50. The normalized spacial score (nSPS) is 28.5. The predicted octanol–water partition coefficient (Wildman–Crippen LogP) is 1.13. The van der Waals surface area contributed by atoms with Crippen molar-refractivity contribution in [3.05, 3.63) is 0 Å². The third-order valence-electron chi connectivity index (χ3n) is 3.10. The van der Waals surface area contributed by atoms with Crippen molar-refractivity contribution < 1.29 is 4.74 Å². The highest BCUT2D eigenvalue weighted by molar-refractivity contribution is 4.86. The highest BCUT2D eigenvalue weighted by Crippen LogP contribution is 2.23. The first-order valence-corrected chi connectivity index (χ1v) is 5.85. The zero-order valence-corrected chi connectivity index (χ0v) is 9.46. The number of nitrogens with two attached hydrogens (primary N) is 1. The summed E-state index contributed by atoms with van der Waals surface area (Å²) in [4.78, 5) is 0. The molecule has 0 radical (unpaired) electrons. The Morgan fingerprint density at radius 1 is 1.43 bits per heavy atom. The number of hydrogen-bond donors (Lipinski definition) is 2. The summed E-state index contributed by atoms with van der Waals surface area (Å²) in [6.07, 6.45) is 4.03. The second kappa shape index (κ2) is 6.38. The smallest absolute Gasteiger partial charge is 0.0604 e. The van der Waals surface area contributed by atoms with Crippen molar-refractivity contribution in [2.24, 2.45) is 11.7 Å². The van der Waals surface area contributed by atoms with Crippen molar-refractivity contribution in [3.8, 4) is 0 Å². The molecule has 0 aromatic rings. The second-order valence-corrected chi connectivity index (χ2v) is 4.16. The molecule has 1 aliphatic rings. The van der Waals surface area contributed by atoms with Crippen LogP contribution in [-0.4, -0.2) is 31.8 Å². The fourth-order valence-electron chi connectivity index (χ4n) is 1.83. The molecule has 0 aromatic carbocycles. The van der Waals surface area contributed by atoms with E-state index < -0.39 is 0 Å². The van der Waals surface area contributed by atoms with Crippen molar-refractivity contribution in [1.29, 1.82) is 0 Å². The standard InChI is InChI=1S/C11H24N2O/c1-3-9(7-12)8-13-10-5-11(6-10)14-4-2/h9-11,13H,3-8,12H2,1-2H3. The molecule has 1 saturated carbocycles. The largest absolute Gasteiger partial charge is 0.378 e.